The van der Waals surface area contributed by atoms with E-state index in [2.05, 4.69) is 10.1 Å². The minimum Gasteiger partial charge on any atom is -0.493 e. The Morgan fingerprint density at radius 2 is 1.86 bits per heavy atom. The first-order chi connectivity index (χ1) is 17.0. The molecule has 9 nitrogen and oxygen atoms in total. The summed E-state index contributed by atoms with van der Waals surface area (Å²) in [5, 5.41) is 7.68. The molecule has 4 aromatic rings. The topological polar surface area (TPSA) is 112 Å². The van der Waals surface area contributed by atoms with E-state index in [1.54, 1.807) is 49.4 Å². The predicted molar refractivity (Wildman–Crippen MR) is 125 cm³/mol. The Labute approximate surface area is 203 Å². The van der Waals surface area contributed by atoms with Crippen molar-refractivity contribution >= 4 is 29.1 Å². The van der Waals surface area contributed by atoms with Crippen LogP contribution in [0.1, 0.15) is 49.5 Å². The summed E-state index contributed by atoms with van der Waals surface area (Å²) in [6.45, 7) is 1.93. The molecule has 0 atom stereocenters. The first-order valence-corrected chi connectivity index (χ1v) is 11.7. The van der Waals surface area contributed by atoms with E-state index in [1.165, 1.54) is 11.3 Å². The van der Waals surface area contributed by atoms with Crippen molar-refractivity contribution in [3.05, 3.63) is 87.4 Å². The van der Waals surface area contributed by atoms with E-state index in [1.807, 2.05) is 16.8 Å². The lowest BCUT2D eigenvalue weighted by Gasteiger charge is -2.16. The van der Waals surface area contributed by atoms with Gasteiger partial charge in [-0.15, -0.1) is 0 Å². The van der Waals surface area contributed by atoms with E-state index in [-0.39, 0.29) is 36.4 Å². The summed E-state index contributed by atoms with van der Waals surface area (Å²) in [6, 6.07) is 13.4. The summed E-state index contributed by atoms with van der Waals surface area (Å²) >= 11 is 1.51. The summed E-state index contributed by atoms with van der Waals surface area (Å²) in [5.41, 5.74) is 2.29. The van der Waals surface area contributed by atoms with Crippen molar-refractivity contribution in [1.29, 1.82) is 0 Å². The molecule has 10 heteroatoms. The van der Waals surface area contributed by atoms with Crippen LogP contribution in [0.3, 0.4) is 0 Å². The number of aromatic nitrogens is 2. The van der Waals surface area contributed by atoms with Crippen LogP contribution >= 0.6 is 11.3 Å². The van der Waals surface area contributed by atoms with Gasteiger partial charge in [-0.3, -0.25) is 14.5 Å². The van der Waals surface area contributed by atoms with Crippen LogP contribution in [-0.4, -0.2) is 39.4 Å². The van der Waals surface area contributed by atoms with Gasteiger partial charge in [0, 0.05) is 10.9 Å². The van der Waals surface area contributed by atoms with Crippen molar-refractivity contribution < 1.29 is 28.4 Å². The average molecular weight is 490 g/mol. The first kappa shape index (κ1) is 22.5. The third-order valence-electron chi connectivity index (χ3n) is 5.36. The number of carbonyl (C=O) groups is 3. The van der Waals surface area contributed by atoms with Crippen LogP contribution in [-0.2, 0) is 17.9 Å². The molecule has 1 aliphatic rings. The zero-order chi connectivity index (χ0) is 24.4. The van der Waals surface area contributed by atoms with Crippen molar-refractivity contribution in [3.63, 3.8) is 0 Å². The molecule has 0 spiro atoms. The van der Waals surface area contributed by atoms with Crippen molar-refractivity contribution in [2.24, 2.45) is 0 Å². The Hall–Kier alpha value is -4.31. The molecule has 176 valence electrons. The van der Waals surface area contributed by atoms with Gasteiger partial charge in [0.15, 0.2) is 6.61 Å². The number of benzene rings is 2. The number of rotatable bonds is 8. The number of hydrogen-bond acceptors (Lipinski definition) is 9. The predicted octanol–water partition coefficient (Wildman–Crippen LogP) is 4.35. The molecule has 0 saturated carbocycles. The minimum absolute atomic E-state index is 0.00664. The summed E-state index contributed by atoms with van der Waals surface area (Å²) in [7, 11) is 0. The zero-order valence-electron chi connectivity index (χ0n) is 18.6. The summed E-state index contributed by atoms with van der Waals surface area (Å²) in [4.78, 5) is 43.7. The second kappa shape index (κ2) is 9.51. The molecule has 0 N–H and O–H groups in total. The summed E-state index contributed by atoms with van der Waals surface area (Å²) < 4.78 is 16.1. The third kappa shape index (κ3) is 4.43. The molecular formula is C25H19N3O6S. The molecule has 0 fully saturated rings. The van der Waals surface area contributed by atoms with Gasteiger partial charge >= 0.3 is 5.97 Å². The highest BCUT2D eigenvalue weighted by Gasteiger charge is 2.35. The molecule has 35 heavy (non-hydrogen) atoms. The second-order valence-corrected chi connectivity index (χ2v) is 8.39. The van der Waals surface area contributed by atoms with E-state index in [0.717, 1.165) is 10.5 Å². The number of nitrogens with zero attached hydrogens (tertiary/aromatic N) is 3. The van der Waals surface area contributed by atoms with Crippen LogP contribution in [0.15, 0.2) is 63.8 Å². The number of esters is 1. The fourth-order valence-electron chi connectivity index (χ4n) is 3.71. The minimum atomic E-state index is -0.659. The number of fused-ring (bicyclic) bond motifs is 1. The summed E-state index contributed by atoms with van der Waals surface area (Å²) in [5.74, 6) is -0.515. The zero-order valence-corrected chi connectivity index (χ0v) is 19.4. The molecule has 3 heterocycles. The van der Waals surface area contributed by atoms with Gasteiger partial charge in [-0.25, -0.2) is 4.79 Å². The van der Waals surface area contributed by atoms with E-state index in [0.29, 0.717) is 34.9 Å². The van der Waals surface area contributed by atoms with Crippen molar-refractivity contribution in [2.45, 2.75) is 20.1 Å². The number of ether oxygens (including phenoxy) is 2. The number of amides is 2. The van der Waals surface area contributed by atoms with Gasteiger partial charge in [-0.05, 0) is 48.2 Å². The first-order valence-electron chi connectivity index (χ1n) is 10.8. The van der Waals surface area contributed by atoms with Gasteiger partial charge in [-0.2, -0.15) is 16.3 Å². The van der Waals surface area contributed by atoms with Gasteiger partial charge in [0.1, 0.15) is 11.3 Å². The maximum absolute atomic E-state index is 12.9. The standard InChI is InChI=1S/C25H19N3O6S/c1-2-32-20-8-7-15(12-28-23(29)17-5-3-4-6-18(17)24(28)30)11-19(20)25(31)33-13-21-26-22(27-34-21)16-9-10-35-14-16/h3-11,14H,2,12-13H2,1H3. The molecule has 5 rings (SSSR count). The highest BCUT2D eigenvalue weighted by atomic mass is 32.1. The van der Waals surface area contributed by atoms with Crippen LogP contribution in [0.2, 0.25) is 0 Å². The molecule has 0 bridgehead atoms. The van der Waals surface area contributed by atoms with Crippen LogP contribution in [0, 0.1) is 0 Å². The Morgan fingerprint density at radius 1 is 1.09 bits per heavy atom. The lowest BCUT2D eigenvalue weighted by Crippen LogP contribution is -2.29. The van der Waals surface area contributed by atoms with Gasteiger partial charge in [0.2, 0.25) is 5.82 Å². The van der Waals surface area contributed by atoms with E-state index in [9.17, 15) is 14.4 Å². The average Bonchev–Trinajstić information content (AvgIpc) is 3.62. The molecule has 2 aromatic carbocycles. The molecular weight excluding hydrogens is 470 g/mol. The molecule has 0 saturated heterocycles. The fraction of sp³-hybridized carbons (Fsp3) is 0.160. The Balaban J connectivity index is 1.32. The van der Waals surface area contributed by atoms with Gasteiger partial charge in [0.25, 0.3) is 17.7 Å². The summed E-state index contributed by atoms with van der Waals surface area (Å²) in [6.07, 6.45) is 0. The van der Waals surface area contributed by atoms with Crippen molar-refractivity contribution in [1.82, 2.24) is 15.0 Å². The smallest absolute Gasteiger partial charge is 0.342 e. The largest absolute Gasteiger partial charge is 0.493 e. The Morgan fingerprint density at radius 3 is 2.54 bits per heavy atom. The van der Waals surface area contributed by atoms with Gasteiger partial charge in [0.05, 0.1) is 24.3 Å². The Kier molecular flexibility index (Phi) is 6.11. The monoisotopic (exact) mass is 489 g/mol. The lowest BCUT2D eigenvalue weighted by molar-refractivity contribution is 0.0425. The molecule has 0 radical (unpaired) electrons. The van der Waals surface area contributed by atoms with Crippen molar-refractivity contribution in [3.8, 4) is 17.1 Å². The van der Waals surface area contributed by atoms with E-state index < -0.39 is 5.97 Å². The van der Waals surface area contributed by atoms with Crippen LogP contribution in [0.5, 0.6) is 5.75 Å². The van der Waals surface area contributed by atoms with Crippen LogP contribution in [0.4, 0.5) is 0 Å². The second-order valence-electron chi connectivity index (χ2n) is 7.61. The number of imide groups is 1. The molecule has 0 unspecified atom stereocenters. The molecule has 1 aliphatic heterocycles. The van der Waals surface area contributed by atoms with Crippen molar-refractivity contribution in [2.75, 3.05) is 6.61 Å². The Bertz CT molecular complexity index is 1380. The fourth-order valence-corrected chi connectivity index (χ4v) is 4.34. The van der Waals surface area contributed by atoms with Gasteiger partial charge < -0.3 is 14.0 Å². The molecule has 2 aromatic heterocycles. The maximum Gasteiger partial charge on any atom is 0.342 e. The SMILES string of the molecule is CCOc1ccc(CN2C(=O)c3ccccc3C2=O)cc1C(=O)OCc1nc(-c2ccsc2)no1. The van der Waals surface area contributed by atoms with Gasteiger partial charge in [-0.1, -0.05) is 23.4 Å². The number of hydrogen-bond donors (Lipinski definition) is 0. The van der Waals surface area contributed by atoms with Crippen LogP contribution < -0.4 is 4.74 Å². The van der Waals surface area contributed by atoms with E-state index >= 15 is 0 Å². The number of thiophene rings is 1. The van der Waals surface area contributed by atoms with Crippen LogP contribution in [0.25, 0.3) is 11.4 Å². The normalized spacial score (nSPS) is 12.7. The lowest BCUT2D eigenvalue weighted by atomic mass is 10.1. The quantitative estimate of drug-likeness (QED) is 0.265. The molecule has 0 aliphatic carbocycles. The highest BCUT2D eigenvalue weighted by Crippen LogP contribution is 2.27. The maximum atomic E-state index is 12.9. The highest BCUT2D eigenvalue weighted by molar-refractivity contribution is 7.08. The van der Waals surface area contributed by atoms with E-state index in [4.69, 9.17) is 14.0 Å². The number of carbonyl (C=O) groups excluding carboxylic acids is 3. The molecule has 2 amide bonds. The third-order valence-corrected chi connectivity index (χ3v) is 6.04.